The number of benzene rings is 2. The van der Waals surface area contributed by atoms with Crippen molar-refractivity contribution in [1.82, 2.24) is 9.97 Å². The third kappa shape index (κ3) is 2.85. The summed E-state index contributed by atoms with van der Waals surface area (Å²) in [6.45, 7) is 2.82. The molecule has 0 saturated heterocycles. The largest absolute Gasteiger partial charge is 0.381 e. The van der Waals surface area contributed by atoms with Crippen molar-refractivity contribution in [2.75, 3.05) is 10.8 Å². The molecule has 6 heteroatoms. The predicted octanol–water partition coefficient (Wildman–Crippen LogP) is 3.92. The lowest BCUT2D eigenvalue weighted by atomic mass is 10.0. The molecule has 0 spiro atoms. The Hall–Kier alpha value is -2.86. The lowest BCUT2D eigenvalue weighted by molar-refractivity contribution is 1.03. The minimum Gasteiger partial charge on any atom is -0.381 e. The number of nitrogens with two attached hydrogens (primary N) is 1. The van der Waals surface area contributed by atoms with Crippen LogP contribution in [0.2, 0.25) is 0 Å². The third-order valence-electron chi connectivity index (χ3n) is 3.98. The van der Waals surface area contributed by atoms with Crippen LogP contribution in [0, 0.1) is 0 Å². The summed E-state index contributed by atoms with van der Waals surface area (Å²) in [5.74, 6) is 1.17. The molecule has 0 saturated carbocycles. The minimum atomic E-state index is 0.411. The number of fused-ring (bicyclic) bond motifs is 1. The van der Waals surface area contributed by atoms with E-state index in [9.17, 15) is 0 Å². The average Bonchev–Trinajstić information content (AvgIpc) is 2.69. The van der Waals surface area contributed by atoms with Crippen LogP contribution in [0.25, 0.3) is 22.5 Å². The van der Waals surface area contributed by atoms with E-state index in [0.29, 0.717) is 11.5 Å². The standard InChI is InChI=1S/C19H17N5S/c1-2-24-19-17(18(20)23-25-24)21-15(13-9-5-3-6-10-13)16(22-19)14-11-7-4-8-12-14/h3-12H,2H2,1H3,(H2,20,23). The molecule has 0 amide bonds. The normalized spacial score (nSPS) is 13.3. The van der Waals surface area contributed by atoms with Gasteiger partial charge in [0.15, 0.2) is 11.7 Å². The molecule has 124 valence electrons. The highest BCUT2D eigenvalue weighted by Gasteiger charge is 2.25. The zero-order chi connectivity index (χ0) is 17.2. The van der Waals surface area contributed by atoms with Gasteiger partial charge in [0.2, 0.25) is 0 Å². The number of nitrogens with zero attached hydrogens (tertiary/aromatic N) is 4. The summed E-state index contributed by atoms with van der Waals surface area (Å²) in [4.78, 5) is 9.81. The van der Waals surface area contributed by atoms with E-state index in [2.05, 4.69) is 11.3 Å². The molecule has 1 aliphatic rings. The Morgan fingerprint density at radius 2 is 1.40 bits per heavy atom. The molecule has 25 heavy (non-hydrogen) atoms. The maximum atomic E-state index is 6.10. The summed E-state index contributed by atoms with van der Waals surface area (Å²) in [6.07, 6.45) is 0. The van der Waals surface area contributed by atoms with Gasteiger partial charge in [-0.1, -0.05) is 60.7 Å². The number of anilines is 1. The highest BCUT2D eigenvalue weighted by Crippen LogP contribution is 2.36. The second-order valence-electron chi connectivity index (χ2n) is 5.58. The first-order chi connectivity index (χ1) is 12.3. The number of hydrogen-bond acceptors (Lipinski definition) is 6. The molecule has 0 radical (unpaired) electrons. The molecule has 3 aromatic rings. The first kappa shape index (κ1) is 15.7. The summed E-state index contributed by atoms with van der Waals surface area (Å²) < 4.78 is 6.30. The Kier molecular flexibility index (Phi) is 4.11. The van der Waals surface area contributed by atoms with Crippen molar-refractivity contribution in [3.8, 4) is 22.5 Å². The Morgan fingerprint density at radius 3 is 1.96 bits per heavy atom. The zero-order valence-corrected chi connectivity index (χ0v) is 14.6. The van der Waals surface area contributed by atoms with Crippen LogP contribution in [-0.2, 0) is 0 Å². The summed E-state index contributed by atoms with van der Waals surface area (Å²) in [5, 5.41) is 0. The van der Waals surface area contributed by atoms with Gasteiger partial charge in [-0.05, 0) is 6.92 Å². The molecule has 2 aromatic carbocycles. The van der Waals surface area contributed by atoms with Crippen molar-refractivity contribution in [3.63, 3.8) is 0 Å². The molecule has 0 bridgehead atoms. The van der Waals surface area contributed by atoms with Crippen LogP contribution in [0.3, 0.4) is 0 Å². The van der Waals surface area contributed by atoms with Crippen LogP contribution in [-0.4, -0.2) is 22.3 Å². The number of rotatable bonds is 3. The van der Waals surface area contributed by atoms with E-state index in [1.54, 1.807) is 0 Å². The summed E-state index contributed by atoms with van der Waals surface area (Å²) in [6, 6.07) is 20.2. The van der Waals surface area contributed by atoms with Crippen LogP contribution in [0.1, 0.15) is 12.6 Å². The second kappa shape index (κ2) is 6.57. The van der Waals surface area contributed by atoms with Gasteiger partial charge >= 0.3 is 0 Å². The Balaban J connectivity index is 2.00. The van der Waals surface area contributed by atoms with Crippen LogP contribution >= 0.6 is 12.1 Å². The molecule has 1 aromatic heterocycles. The summed E-state index contributed by atoms with van der Waals surface area (Å²) >= 11 is 1.31. The predicted molar refractivity (Wildman–Crippen MR) is 104 cm³/mol. The minimum absolute atomic E-state index is 0.411. The molecule has 4 rings (SSSR count). The highest BCUT2D eigenvalue weighted by molar-refractivity contribution is 7.99. The van der Waals surface area contributed by atoms with Crippen molar-refractivity contribution < 1.29 is 0 Å². The topological polar surface area (TPSA) is 67.4 Å². The first-order valence-electron chi connectivity index (χ1n) is 8.09. The number of hydrogen-bond donors (Lipinski definition) is 1. The van der Waals surface area contributed by atoms with E-state index in [1.807, 2.05) is 65.0 Å². The van der Waals surface area contributed by atoms with E-state index >= 15 is 0 Å². The van der Waals surface area contributed by atoms with E-state index < -0.39 is 0 Å². The molecule has 5 nitrogen and oxygen atoms in total. The Labute approximate surface area is 150 Å². The average molecular weight is 347 g/mol. The van der Waals surface area contributed by atoms with Gasteiger partial charge in [0.25, 0.3) is 0 Å². The van der Waals surface area contributed by atoms with Crippen molar-refractivity contribution in [1.29, 1.82) is 0 Å². The SMILES string of the molecule is CCN1SN=C(N)c2nc(-c3ccccc3)c(-c3ccccc3)nc21. The fourth-order valence-electron chi connectivity index (χ4n) is 2.75. The molecule has 0 atom stereocenters. The van der Waals surface area contributed by atoms with Gasteiger partial charge in [0, 0.05) is 17.7 Å². The first-order valence-corrected chi connectivity index (χ1v) is 8.82. The maximum absolute atomic E-state index is 6.10. The van der Waals surface area contributed by atoms with Crippen molar-refractivity contribution in [2.45, 2.75) is 6.92 Å². The summed E-state index contributed by atoms with van der Waals surface area (Å²) in [7, 11) is 0. The highest BCUT2D eigenvalue weighted by atomic mass is 32.2. The Morgan fingerprint density at radius 1 is 0.840 bits per heavy atom. The Bertz CT molecular complexity index is 925. The monoisotopic (exact) mass is 347 g/mol. The van der Waals surface area contributed by atoms with E-state index in [4.69, 9.17) is 15.7 Å². The molecule has 2 heterocycles. The zero-order valence-electron chi connectivity index (χ0n) is 13.8. The molecule has 1 aliphatic heterocycles. The molecule has 0 aliphatic carbocycles. The van der Waals surface area contributed by atoms with Crippen molar-refractivity contribution >= 4 is 23.8 Å². The molecule has 0 unspecified atom stereocenters. The van der Waals surface area contributed by atoms with Crippen LogP contribution in [0.15, 0.2) is 65.1 Å². The number of amidine groups is 1. The summed E-state index contributed by atoms with van der Waals surface area (Å²) in [5.41, 5.74) is 10.4. The van der Waals surface area contributed by atoms with Crippen LogP contribution in [0.4, 0.5) is 5.82 Å². The van der Waals surface area contributed by atoms with E-state index in [-0.39, 0.29) is 0 Å². The molecule has 0 fully saturated rings. The third-order valence-corrected chi connectivity index (χ3v) is 4.88. The van der Waals surface area contributed by atoms with Gasteiger partial charge in [0.05, 0.1) is 23.5 Å². The van der Waals surface area contributed by atoms with Gasteiger partial charge in [-0.25, -0.2) is 9.97 Å². The number of aromatic nitrogens is 2. The van der Waals surface area contributed by atoms with Gasteiger partial charge in [-0.15, -0.1) is 0 Å². The van der Waals surface area contributed by atoms with Crippen LogP contribution < -0.4 is 10.0 Å². The fourth-order valence-corrected chi connectivity index (χ4v) is 3.34. The smallest absolute Gasteiger partial charge is 0.170 e. The van der Waals surface area contributed by atoms with E-state index in [1.165, 1.54) is 12.1 Å². The molecule has 2 N–H and O–H groups in total. The van der Waals surface area contributed by atoms with Crippen LogP contribution in [0.5, 0.6) is 0 Å². The quantitative estimate of drug-likeness (QED) is 0.727. The van der Waals surface area contributed by atoms with Gasteiger partial charge in [0.1, 0.15) is 5.69 Å². The van der Waals surface area contributed by atoms with Gasteiger partial charge in [-0.2, -0.15) is 4.40 Å². The van der Waals surface area contributed by atoms with Gasteiger partial charge in [-0.3, -0.25) is 4.31 Å². The van der Waals surface area contributed by atoms with Gasteiger partial charge < -0.3 is 5.73 Å². The van der Waals surface area contributed by atoms with Crippen molar-refractivity contribution in [2.24, 2.45) is 10.1 Å². The second-order valence-corrected chi connectivity index (χ2v) is 6.36. The van der Waals surface area contributed by atoms with Crippen molar-refractivity contribution in [3.05, 3.63) is 66.4 Å². The fraction of sp³-hybridized carbons (Fsp3) is 0.105. The van der Waals surface area contributed by atoms with E-state index in [0.717, 1.165) is 34.9 Å². The lowest BCUT2D eigenvalue weighted by Crippen LogP contribution is -2.28. The maximum Gasteiger partial charge on any atom is 0.170 e. The molecular weight excluding hydrogens is 330 g/mol. The lowest BCUT2D eigenvalue weighted by Gasteiger charge is -2.25. The molecular formula is C19H17N5S.